The molecular weight excluding hydrogens is 234 g/mol. The van der Waals surface area contributed by atoms with E-state index in [1.807, 2.05) is 0 Å². The SMILES string of the molecule is CC1CN(Cc2cc(F)cc(F)c2)C(C)(C)CN1. The third-order valence-corrected chi connectivity index (χ3v) is 3.53. The van der Waals surface area contributed by atoms with E-state index in [4.69, 9.17) is 0 Å². The highest BCUT2D eigenvalue weighted by atomic mass is 19.1. The Morgan fingerprint density at radius 1 is 1.28 bits per heavy atom. The van der Waals surface area contributed by atoms with Crippen LogP contribution in [0.2, 0.25) is 0 Å². The van der Waals surface area contributed by atoms with Crippen molar-refractivity contribution in [3.05, 3.63) is 35.4 Å². The van der Waals surface area contributed by atoms with Crippen molar-refractivity contribution in [2.45, 2.75) is 38.9 Å². The zero-order valence-corrected chi connectivity index (χ0v) is 11.1. The summed E-state index contributed by atoms with van der Waals surface area (Å²) in [6.45, 7) is 8.74. The summed E-state index contributed by atoms with van der Waals surface area (Å²) in [6.07, 6.45) is 0. The molecule has 1 aromatic rings. The second-order valence-electron chi connectivity index (χ2n) is 5.75. The van der Waals surface area contributed by atoms with Crippen molar-refractivity contribution < 1.29 is 8.78 Å². The lowest BCUT2D eigenvalue weighted by Gasteiger charge is -2.45. The molecule has 1 atom stereocenters. The van der Waals surface area contributed by atoms with Gasteiger partial charge in [0.25, 0.3) is 0 Å². The molecule has 1 fully saturated rings. The van der Waals surface area contributed by atoms with Gasteiger partial charge in [0.1, 0.15) is 11.6 Å². The van der Waals surface area contributed by atoms with Crippen LogP contribution in [0.25, 0.3) is 0 Å². The van der Waals surface area contributed by atoms with Gasteiger partial charge in [-0.25, -0.2) is 8.78 Å². The van der Waals surface area contributed by atoms with Crippen LogP contribution in [0.4, 0.5) is 8.78 Å². The second kappa shape index (κ2) is 4.94. The Balaban J connectivity index is 2.16. The van der Waals surface area contributed by atoms with Gasteiger partial charge in [0.05, 0.1) is 0 Å². The van der Waals surface area contributed by atoms with E-state index in [2.05, 4.69) is 31.0 Å². The largest absolute Gasteiger partial charge is 0.311 e. The standard InChI is InChI=1S/C14H20F2N2/c1-10-7-18(14(2,3)9-17-10)8-11-4-12(15)6-13(16)5-11/h4-6,10,17H,7-9H2,1-3H3. The zero-order chi connectivity index (χ0) is 13.3. The predicted octanol–water partition coefficient (Wildman–Crippen LogP) is 2.54. The third kappa shape index (κ3) is 3.06. The monoisotopic (exact) mass is 254 g/mol. The first-order valence-corrected chi connectivity index (χ1v) is 6.30. The van der Waals surface area contributed by atoms with Crippen molar-refractivity contribution in [3.63, 3.8) is 0 Å². The van der Waals surface area contributed by atoms with E-state index in [9.17, 15) is 8.78 Å². The highest BCUT2D eigenvalue weighted by molar-refractivity contribution is 5.18. The van der Waals surface area contributed by atoms with Crippen LogP contribution in [0, 0.1) is 11.6 Å². The molecular formula is C14H20F2N2. The summed E-state index contributed by atoms with van der Waals surface area (Å²) in [5, 5.41) is 3.42. The van der Waals surface area contributed by atoms with Crippen molar-refractivity contribution in [1.29, 1.82) is 0 Å². The molecule has 4 heteroatoms. The second-order valence-corrected chi connectivity index (χ2v) is 5.75. The summed E-state index contributed by atoms with van der Waals surface area (Å²) in [6, 6.07) is 4.13. The summed E-state index contributed by atoms with van der Waals surface area (Å²) >= 11 is 0. The Kier molecular flexibility index (Phi) is 3.69. The summed E-state index contributed by atoms with van der Waals surface area (Å²) < 4.78 is 26.4. The Labute approximate surface area is 107 Å². The number of rotatable bonds is 2. The molecule has 2 nitrogen and oxygen atoms in total. The average molecular weight is 254 g/mol. The number of nitrogens with zero attached hydrogens (tertiary/aromatic N) is 1. The molecule has 0 aliphatic carbocycles. The number of benzene rings is 1. The Morgan fingerprint density at radius 3 is 2.50 bits per heavy atom. The Morgan fingerprint density at radius 2 is 1.89 bits per heavy atom. The lowest BCUT2D eigenvalue weighted by Crippen LogP contribution is -2.60. The van der Waals surface area contributed by atoms with Gasteiger partial charge in [0.15, 0.2) is 0 Å². The number of hydrogen-bond donors (Lipinski definition) is 1. The van der Waals surface area contributed by atoms with Crippen LogP contribution in [0.5, 0.6) is 0 Å². The maximum atomic E-state index is 13.2. The first-order valence-electron chi connectivity index (χ1n) is 6.30. The van der Waals surface area contributed by atoms with Gasteiger partial charge in [-0.2, -0.15) is 0 Å². The van der Waals surface area contributed by atoms with Gasteiger partial charge in [0.2, 0.25) is 0 Å². The van der Waals surface area contributed by atoms with Gasteiger partial charge in [-0.3, -0.25) is 4.90 Å². The molecule has 1 heterocycles. The van der Waals surface area contributed by atoms with E-state index < -0.39 is 11.6 Å². The molecule has 0 saturated carbocycles. The molecule has 100 valence electrons. The molecule has 18 heavy (non-hydrogen) atoms. The van der Waals surface area contributed by atoms with E-state index in [-0.39, 0.29) is 5.54 Å². The minimum Gasteiger partial charge on any atom is -0.311 e. The molecule has 0 aromatic heterocycles. The molecule has 1 aromatic carbocycles. The summed E-state index contributed by atoms with van der Waals surface area (Å²) in [4.78, 5) is 2.27. The van der Waals surface area contributed by atoms with E-state index in [0.29, 0.717) is 18.2 Å². The maximum Gasteiger partial charge on any atom is 0.126 e. The fraction of sp³-hybridized carbons (Fsp3) is 0.571. The minimum atomic E-state index is -0.508. The topological polar surface area (TPSA) is 15.3 Å². The molecule has 0 radical (unpaired) electrons. The first kappa shape index (κ1) is 13.4. The smallest absolute Gasteiger partial charge is 0.126 e. The van der Waals surface area contributed by atoms with E-state index in [0.717, 1.165) is 19.2 Å². The highest BCUT2D eigenvalue weighted by Gasteiger charge is 2.32. The Hall–Kier alpha value is -1.00. The van der Waals surface area contributed by atoms with Crippen LogP contribution in [-0.4, -0.2) is 29.6 Å². The minimum absolute atomic E-state index is 0.00466. The number of halogens is 2. The van der Waals surface area contributed by atoms with Crippen molar-refractivity contribution in [3.8, 4) is 0 Å². The van der Waals surface area contributed by atoms with E-state index in [1.165, 1.54) is 12.1 Å². The summed E-state index contributed by atoms with van der Waals surface area (Å²) in [5.74, 6) is -1.02. The van der Waals surface area contributed by atoms with Crippen LogP contribution in [-0.2, 0) is 6.54 Å². The third-order valence-electron chi connectivity index (χ3n) is 3.53. The van der Waals surface area contributed by atoms with Gasteiger partial charge >= 0.3 is 0 Å². The molecule has 1 N–H and O–H groups in total. The summed E-state index contributed by atoms with van der Waals surface area (Å²) in [5.41, 5.74) is 0.685. The van der Waals surface area contributed by atoms with Crippen LogP contribution in [0.15, 0.2) is 18.2 Å². The van der Waals surface area contributed by atoms with Crippen LogP contribution in [0.1, 0.15) is 26.3 Å². The lowest BCUT2D eigenvalue weighted by atomic mass is 9.97. The van der Waals surface area contributed by atoms with Crippen molar-refractivity contribution in [1.82, 2.24) is 10.2 Å². The normalized spacial score (nSPS) is 24.2. The van der Waals surface area contributed by atoms with Crippen LogP contribution < -0.4 is 5.32 Å². The Bertz CT molecular complexity index is 412. The van der Waals surface area contributed by atoms with Crippen molar-refractivity contribution in [2.24, 2.45) is 0 Å². The highest BCUT2D eigenvalue weighted by Crippen LogP contribution is 2.22. The van der Waals surface area contributed by atoms with Gasteiger partial charge in [-0.15, -0.1) is 0 Å². The van der Waals surface area contributed by atoms with Gasteiger partial charge in [-0.1, -0.05) is 0 Å². The molecule has 1 aliphatic heterocycles. The number of hydrogen-bond acceptors (Lipinski definition) is 2. The van der Waals surface area contributed by atoms with Crippen molar-refractivity contribution >= 4 is 0 Å². The fourth-order valence-corrected chi connectivity index (χ4v) is 2.38. The fourth-order valence-electron chi connectivity index (χ4n) is 2.38. The average Bonchev–Trinajstić information content (AvgIpc) is 2.22. The predicted molar refractivity (Wildman–Crippen MR) is 68.3 cm³/mol. The lowest BCUT2D eigenvalue weighted by molar-refractivity contribution is 0.0625. The first-order chi connectivity index (χ1) is 8.37. The zero-order valence-electron chi connectivity index (χ0n) is 11.1. The van der Waals surface area contributed by atoms with E-state index in [1.54, 1.807) is 0 Å². The number of piperazine rings is 1. The molecule has 0 bridgehead atoms. The van der Waals surface area contributed by atoms with E-state index >= 15 is 0 Å². The molecule has 0 spiro atoms. The van der Waals surface area contributed by atoms with Gasteiger partial charge < -0.3 is 5.32 Å². The molecule has 1 aliphatic rings. The van der Waals surface area contributed by atoms with Crippen molar-refractivity contribution in [2.75, 3.05) is 13.1 Å². The molecule has 1 unspecified atom stereocenters. The van der Waals surface area contributed by atoms with Gasteiger partial charge in [-0.05, 0) is 38.5 Å². The quantitative estimate of drug-likeness (QED) is 0.872. The molecule has 1 saturated heterocycles. The molecule has 0 amide bonds. The van der Waals surface area contributed by atoms with Crippen LogP contribution >= 0.6 is 0 Å². The molecule has 2 rings (SSSR count). The van der Waals surface area contributed by atoms with Gasteiger partial charge in [0, 0.05) is 37.3 Å². The number of nitrogens with one attached hydrogen (secondary N) is 1. The maximum absolute atomic E-state index is 13.2. The van der Waals surface area contributed by atoms with Crippen LogP contribution in [0.3, 0.4) is 0 Å². The summed E-state index contributed by atoms with van der Waals surface area (Å²) in [7, 11) is 0.